The first-order valence-corrected chi connectivity index (χ1v) is 9.02. The maximum atomic E-state index is 13.2. The minimum atomic E-state index is -0.152. The minimum absolute atomic E-state index is 0. The van der Waals surface area contributed by atoms with Crippen molar-refractivity contribution in [3.8, 4) is 0 Å². The van der Waals surface area contributed by atoms with Crippen molar-refractivity contribution >= 4 is 35.0 Å². The molecule has 0 bridgehead atoms. The zero-order valence-electron chi connectivity index (χ0n) is 12.8. The Kier molecular flexibility index (Phi) is 5.00. The monoisotopic (exact) mass is 443 g/mol. The van der Waals surface area contributed by atoms with E-state index in [0.29, 0.717) is 6.04 Å². The molecule has 2 aromatic rings. The summed E-state index contributed by atoms with van der Waals surface area (Å²) in [5, 5.41) is 3.71. The average molecular weight is 444 g/mol. The van der Waals surface area contributed by atoms with Gasteiger partial charge in [0.2, 0.25) is 0 Å². The summed E-state index contributed by atoms with van der Waals surface area (Å²) < 4.78 is 14.5. The van der Waals surface area contributed by atoms with Crippen LogP contribution in [-0.4, -0.2) is 12.6 Å². The van der Waals surface area contributed by atoms with Gasteiger partial charge in [-0.2, -0.15) is 0 Å². The molecule has 2 atom stereocenters. The first kappa shape index (κ1) is 17.2. The molecule has 4 heteroatoms. The third kappa shape index (κ3) is 3.03. The van der Waals surface area contributed by atoms with Crippen LogP contribution in [0.5, 0.6) is 0 Å². The number of nitrogens with one attached hydrogen (secondary N) is 1. The van der Waals surface area contributed by atoms with Crippen LogP contribution in [0.3, 0.4) is 0 Å². The first-order valence-electron chi connectivity index (χ1n) is 7.94. The van der Waals surface area contributed by atoms with E-state index in [1.165, 1.54) is 33.1 Å². The van der Waals surface area contributed by atoms with Crippen molar-refractivity contribution in [2.24, 2.45) is 0 Å². The summed E-state index contributed by atoms with van der Waals surface area (Å²) in [5.74, 6) is -0.152. The lowest BCUT2D eigenvalue weighted by Gasteiger charge is -2.41. The van der Waals surface area contributed by atoms with Gasteiger partial charge in [-0.25, -0.2) is 4.39 Å². The Hall–Kier alpha value is -0.650. The standard InChI is InChI=1S/C19H19FIN.ClH/c20-15-4-1-13(2-5-15)12-19-9-10-22-18(19)8-3-14-11-16(21)6-7-17(14)19;/h1-2,4-7,11,18,22H,3,8-10,12H2;1H. The van der Waals surface area contributed by atoms with Crippen LogP contribution in [0.1, 0.15) is 29.5 Å². The van der Waals surface area contributed by atoms with Gasteiger partial charge >= 0.3 is 0 Å². The Bertz CT molecular complexity index is 703. The van der Waals surface area contributed by atoms with Crippen LogP contribution in [0.2, 0.25) is 0 Å². The molecule has 0 saturated carbocycles. The first-order chi connectivity index (χ1) is 10.7. The highest BCUT2D eigenvalue weighted by Crippen LogP contribution is 2.45. The van der Waals surface area contributed by atoms with Crippen LogP contribution in [0, 0.1) is 9.39 Å². The van der Waals surface area contributed by atoms with Crippen molar-refractivity contribution in [3.63, 3.8) is 0 Å². The van der Waals surface area contributed by atoms with Crippen molar-refractivity contribution in [2.45, 2.75) is 37.1 Å². The topological polar surface area (TPSA) is 12.0 Å². The van der Waals surface area contributed by atoms with E-state index >= 15 is 0 Å². The second-order valence-corrected chi connectivity index (χ2v) is 7.80. The van der Waals surface area contributed by atoms with Gasteiger partial charge in [0.05, 0.1) is 0 Å². The third-order valence-electron chi connectivity index (χ3n) is 5.37. The molecule has 122 valence electrons. The van der Waals surface area contributed by atoms with E-state index in [4.69, 9.17) is 0 Å². The highest BCUT2D eigenvalue weighted by molar-refractivity contribution is 14.1. The van der Waals surface area contributed by atoms with E-state index < -0.39 is 0 Å². The third-order valence-corrected chi connectivity index (χ3v) is 6.04. The molecule has 2 aliphatic rings. The molecule has 0 aromatic heterocycles. The lowest BCUT2D eigenvalue weighted by molar-refractivity contribution is 0.326. The normalized spacial score (nSPS) is 25.4. The minimum Gasteiger partial charge on any atom is -0.313 e. The SMILES string of the molecule is Cl.Fc1ccc(CC23CCNC2CCc2cc(I)ccc23)cc1. The van der Waals surface area contributed by atoms with Crippen molar-refractivity contribution in [3.05, 3.63) is 68.5 Å². The molecule has 0 amide bonds. The molecule has 23 heavy (non-hydrogen) atoms. The van der Waals surface area contributed by atoms with Crippen molar-refractivity contribution in [2.75, 3.05) is 6.54 Å². The number of fused-ring (bicyclic) bond motifs is 3. The van der Waals surface area contributed by atoms with Gasteiger partial charge in [-0.1, -0.05) is 18.2 Å². The van der Waals surface area contributed by atoms with E-state index in [1.807, 2.05) is 12.1 Å². The summed E-state index contributed by atoms with van der Waals surface area (Å²) in [6.45, 7) is 1.08. The Morgan fingerprint density at radius 3 is 2.74 bits per heavy atom. The Morgan fingerprint density at radius 2 is 1.96 bits per heavy atom. The van der Waals surface area contributed by atoms with Gasteiger partial charge in [-0.15, -0.1) is 12.4 Å². The number of rotatable bonds is 2. The molecular formula is C19H20ClFIN. The van der Waals surface area contributed by atoms with Crippen molar-refractivity contribution < 1.29 is 4.39 Å². The molecule has 1 N–H and O–H groups in total. The zero-order valence-corrected chi connectivity index (χ0v) is 15.8. The van der Waals surface area contributed by atoms with Gasteiger partial charge in [0.15, 0.2) is 0 Å². The van der Waals surface area contributed by atoms with Crippen LogP contribution in [0.15, 0.2) is 42.5 Å². The molecule has 1 aliphatic carbocycles. The Labute approximate surface area is 156 Å². The van der Waals surface area contributed by atoms with E-state index in [2.05, 4.69) is 46.1 Å². The molecule has 2 unspecified atom stereocenters. The molecule has 1 aliphatic heterocycles. The Balaban J connectivity index is 0.00000156. The lowest BCUT2D eigenvalue weighted by Crippen LogP contribution is -2.45. The lowest BCUT2D eigenvalue weighted by atomic mass is 9.64. The maximum absolute atomic E-state index is 13.2. The van der Waals surface area contributed by atoms with Crippen LogP contribution >= 0.6 is 35.0 Å². The fourth-order valence-corrected chi connectivity index (χ4v) is 4.92. The molecule has 0 spiro atoms. The van der Waals surface area contributed by atoms with Crippen LogP contribution < -0.4 is 5.32 Å². The summed E-state index contributed by atoms with van der Waals surface area (Å²) in [7, 11) is 0. The highest BCUT2D eigenvalue weighted by Gasteiger charge is 2.47. The molecule has 2 aromatic carbocycles. The van der Waals surface area contributed by atoms with Gasteiger partial charge in [0.1, 0.15) is 5.82 Å². The van der Waals surface area contributed by atoms with E-state index in [0.717, 1.165) is 19.4 Å². The predicted octanol–water partition coefficient (Wildman–Crippen LogP) is 4.64. The van der Waals surface area contributed by atoms with Gasteiger partial charge in [0.25, 0.3) is 0 Å². The van der Waals surface area contributed by atoms with Gasteiger partial charge < -0.3 is 5.32 Å². The van der Waals surface area contributed by atoms with Gasteiger partial charge in [-0.3, -0.25) is 0 Å². The maximum Gasteiger partial charge on any atom is 0.123 e. The summed E-state index contributed by atoms with van der Waals surface area (Å²) in [6.07, 6.45) is 4.53. The molecule has 1 heterocycles. The molecular weight excluding hydrogens is 424 g/mol. The Morgan fingerprint density at radius 1 is 1.17 bits per heavy atom. The van der Waals surface area contributed by atoms with Crippen molar-refractivity contribution in [1.82, 2.24) is 5.32 Å². The molecule has 1 nitrogen and oxygen atoms in total. The number of benzene rings is 2. The summed E-state index contributed by atoms with van der Waals surface area (Å²) in [4.78, 5) is 0. The van der Waals surface area contributed by atoms with Gasteiger partial charge in [0, 0.05) is 15.0 Å². The molecule has 4 rings (SSSR count). The van der Waals surface area contributed by atoms with Crippen molar-refractivity contribution in [1.29, 1.82) is 0 Å². The number of hydrogen-bond acceptors (Lipinski definition) is 1. The predicted molar refractivity (Wildman–Crippen MR) is 103 cm³/mol. The number of halogens is 3. The second kappa shape index (κ2) is 6.69. The second-order valence-electron chi connectivity index (χ2n) is 6.56. The summed E-state index contributed by atoms with van der Waals surface area (Å²) in [6, 6.07) is 14.5. The summed E-state index contributed by atoms with van der Waals surface area (Å²) in [5.41, 5.74) is 4.43. The fraction of sp³-hybridized carbons (Fsp3) is 0.368. The number of aryl methyl sites for hydroxylation is 1. The quantitative estimate of drug-likeness (QED) is 0.667. The molecule has 1 fully saturated rings. The zero-order chi connectivity index (χ0) is 15.2. The van der Waals surface area contributed by atoms with E-state index in [1.54, 1.807) is 12.1 Å². The van der Waals surface area contributed by atoms with Crippen LogP contribution in [0.25, 0.3) is 0 Å². The molecule has 1 saturated heterocycles. The number of hydrogen-bond donors (Lipinski definition) is 1. The largest absolute Gasteiger partial charge is 0.313 e. The highest BCUT2D eigenvalue weighted by atomic mass is 127. The van der Waals surface area contributed by atoms with Gasteiger partial charge in [-0.05, 0) is 95.8 Å². The molecule has 0 radical (unpaired) electrons. The fourth-order valence-electron chi connectivity index (χ4n) is 4.37. The van der Waals surface area contributed by atoms with Crippen LogP contribution in [-0.2, 0) is 18.3 Å². The van der Waals surface area contributed by atoms with Crippen LogP contribution in [0.4, 0.5) is 4.39 Å². The summed E-state index contributed by atoms with van der Waals surface area (Å²) >= 11 is 2.40. The van der Waals surface area contributed by atoms with E-state index in [-0.39, 0.29) is 23.6 Å². The van der Waals surface area contributed by atoms with E-state index in [9.17, 15) is 4.39 Å². The average Bonchev–Trinajstić information content (AvgIpc) is 2.93. The smallest absolute Gasteiger partial charge is 0.123 e.